The molecule has 104 valence electrons. The second-order valence-electron chi connectivity index (χ2n) is 4.45. The van der Waals surface area contributed by atoms with E-state index < -0.39 is 0 Å². The fraction of sp³-hybridized carbons (Fsp3) is 0.375. The minimum absolute atomic E-state index is 0.443. The van der Waals surface area contributed by atoms with Gasteiger partial charge in [0.05, 0.1) is 24.8 Å². The molecule has 0 spiro atoms. The summed E-state index contributed by atoms with van der Waals surface area (Å²) >= 11 is 1.61. The molecule has 0 radical (unpaired) electrons. The number of aromatic nitrogens is 1. The largest absolute Gasteiger partial charge is 0.494 e. The summed E-state index contributed by atoms with van der Waals surface area (Å²) in [5, 5.41) is 9.83. The van der Waals surface area contributed by atoms with E-state index in [1.54, 1.807) is 11.3 Å². The molecule has 0 atom stereocenters. The van der Waals surface area contributed by atoms with E-state index in [1.165, 1.54) is 0 Å². The molecule has 1 aromatic heterocycles. The quantitative estimate of drug-likeness (QED) is 0.798. The van der Waals surface area contributed by atoms with Crippen LogP contribution in [0.1, 0.15) is 30.8 Å². The minimum Gasteiger partial charge on any atom is -0.494 e. The Bertz CT molecular complexity index is 596. The Hall–Kier alpha value is -1.86. The van der Waals surface area contributed by atoms with Gasteiger partial charge in [0, 0.05) is 10.4 Å². The number of benzene rings is 1. The Labute approximate surface area is 123 Å². The first-order chi connectivity index (χ1) is 9.78. The number of nitriles is 1. The zero-order valence-electron chi connectivity index (χ0n) is 11.8. The average molecular weight is 286 g/mol. The van der Waals surface area contributed by atoms with Gasteiger partial charge in [-0.1, -0.05) is 13.8 Å². The highest BCUT2D eigenvalue weighted by atomic mass is 32.1. The van der Waals surface area contributed by atoms with Crippen molar-refractivity contribution in [1.82, 2.24) is 4.98 Å². The summed E-state index contributed by atoms with van der Waals surface area (Å²) in [5.74, 6) is 0.889. The van der Waals surface area contributed by atoms with Crippen molar-refractivity contribution in [3.05, 3.63) is 34.8 Å². The van der Waals surface area contributed by atoms with Crippen LogP contribution in [0, 0.1) is 11.3 Å². The van der Waals surface area contributed by atoms with E-state index in [0.29, 0.717) is 6.42 Å². The van der Waals surface area contributed by atoms with Gasteiger partial charge in [0.15, 0.2) is 0 Å². The summed E-state index contributed by atoms with van der Waals surface area (Å²) in [7, 11) is 0. The van der Waals surface area contributed by atoms with Gasteiger partial charge in [-0.15, -0.1) is 11.3 Å². The molecule has 0 unspecified atom stereocenters. The van der Waals surface area contributed by atoms with Crippen molar-refractivity contribution < 1.29 is 4.74 Å². The molecule has 0 N–H and O–H groups in total. The summed E-state index contributed by atoms with van der Waals surface area (Å²) in [5.41, 5.74) is 2.12. The SMILES string of the molecule is CCCOc1ccc(-c2nc(CC)c(CC#N)s2)cc1. The molecule has 3 nitrogen and oxygen atoms in total. The highest BCUT2D eigenvalue weighted by molar-refractivity contribution is 7.15. The maximum atomic E-state index is 8.85. The second kappa shape index (κ2) is 7.06. The molecular formula is C16H18N2OS. The highest BCUT2D eigenvalue weighted by Crippen LogP contribution is 2.30. The zero-order chi connectivity index (χ0) is 14.4. The fourth-order valence-corrected chi connectivity index (χ4v) is 2.99. The first-order valence-corrected chi connectivity index (χ1v) is 7.68. The molecular weight excluding hydrogens is 268 g/mol. The molecule has 2 rings (SSSR count). The standard InChI is InChI=1S/C16H18N2OS/c1-3-11-19-13-7-5-12(6-8-13)16-18-14(4-2)15(20-16)9-10-17/h5-8H,3-4,9,11H2,1-2H3. The van der Waals surface area contributed by atoms with Gasteiger partial charge >= 0.3 is 0 Å². The molecule has 1 heterocycles. The van der Waals surface area contributed by atoms with Crippen LogP contribution in [0.3, 0.4) is 0 Å². The lowest BCUT2D eigenvalue weighted by molar-refractivity contribution is 0.317. The summed E-state index contributed by atoms with van der Waals surface area (Å²) in [6.45, 7) is 4.90. The Morgan fingerprint density at radius 2 is 2.00 bits per heavy atom. The number of nitrogens with zero attached hydrogens (tertiary/aromatic N) is 2. The predicted octanol–water partition coefficient (Wildman–Crippen LogP) is 4.23. The summed E-state index contributed by atoms with van der Waals surface area (Å²) < 4.78 is 5.57. The van der Waals surface area contributed by atoms with E-state index in [-0.39, 0.29) is 0 Å². The Kier molecular flexibility index (Phi) is 5.14. The maximum absolute atomic E-state index is 8.85. The molecule has 0 fully saturated rings. The third-order valence-electron chi connectivity index (χ3n) is 2.93. The van der Waals surface area contributed by atoms with Gasteiger partial charge in [0.2, 0.25) is 0 Å². The van der Waals surface area contributed by atoms with Crippen molar-refractivity contribution in [2.75, 3.05) is 6.61 Å². The molecule has 0 bridgehead atoms. The average Bonchev–Trinajstić information content (AvgIpc) is 2.89. The van der Waals surface area contributed by atoms with Gasteiger partial charge < -0.3 is 4.74 Å². The summed E-state index contributed by atoms with van der Waals surface area (Å²) in [6.07, 6.45) is 2.31. The van der Waals surface area contributed by atoms with Gasteiger partial charge in [-0.2, -0.15) is 5.26 Å². The summed E-state index contributed by atoms with van der Waals surface area (Å²) in [6, 6.07) is 10.2. The van der Waals surface area contributed by atoms with Crippen molar-refractivity contribution in [1.29, 1.82) is 5.26 Å². The Morgan fingerprint density at radius 1 is 1.25 bits per heavy atom. The smallest absolute Gasteiger partial charge is 0.123 e. The Morgan fingerprint density at radius 3 is 2.60 bits per heavy atom. The van der Waals surface area contributed by atoms with E-state index in [4.69, 9.17) is 10.00 Å². The number of aryl methyl sites for hydroxylation is 1. The van der Waals surface area contributed by atoms with Crippen LogP contribution in [0.15, 0.2) is 24.3 Å². The molecule has 2 aromatic rings. The van der Waals surface area contributed by atoms with Crippen LogP contribution in [-0.4, -0.2) is 11.6 Å². The van der Waals surface area contributed by atoms with Crippen LogP contribution < -0.4 is 4.74 Å². The lowest BCUT2D eigenvalue weighted by Crippen LogP contribution is -1.94. The maximum Gasteiger partial charge on any atom is 0.123 e. The number of thiazole rings is 1. The number of hydrogen-bond acceptors (Lipinski definition) is 4. The second-order valence-corrected chi connectivity index (χ2v) is 5.53. The van der Waals surface area contributed by atoms with E-state index in [2.05, 4.69) is 24.9 Å². The van der Waals surface area contributed by atoms with Crippen LogP contribution in [0.2, 0.25) is 0 Å². The molecule has 20 heavy (non-hydrogen) atoms. The van der Waals surface area contributed by atoms with Crippen LogP contribution in [-0.2, 0) is 12.8 Å². The predicted molar refractivity (Wildman–Crippen MR) is 82.0 cm³/mol. The normalized spacial score (nSPS) is 10.2. The van der Waals surface area contributed by atoms with Crippen molar-refractivity contribution in [3.63, 3.8) is 0 Å². The van der Waals surface area contributed by atoms with Gasteiger partial charge in [-0.3, -0.25) is 0 Å². The van der Waals surface area contributed by atoms with Crippen LogP contribution in [0.4, 0.5) is 0 Å². The fourth-order valence-electron chi connectivity index (χ4n) is 1.91. The third-order valence-corrected chi connectivity index (χ3v) is 4.07. The Balaban J connectivity index is 2.21. The van der Waals surface area contributed by atoms with Crippen molar-refractivity contribution in [2.45, 2.75) is 33.1 Å². The van der Waals surface area contributed by atoms with Crippen LogP contribution in [0.25, 0.3) is 10.6 Å². The molecule has 0 amide bonds. The molecule has 1 aromatic carbocycles. The summed E-state index contributed by atoms with van der Waals surface area (Å²) in [4.78, 5) is 5.72. The molecule has 4 heteroatoms. The van der Waals surface area contributed by atoms with Crippen molar-refractivity contribution in [3.8, 4) is 22.4 Å². The molecule has 0 aliphatic rings. The van der Waals surface area contributed by atoms with E-state index in [9.17, 15) is 0 Å². The minimum atomic E-state index is 0.443. The van der Waals surface area contributed by atoms with E-state index in [0.717, 1.165) is 46.3 Å². The molecule has 0 saturated heterocycles. The monoisotopic (exact) mass is 286 g/mol. The topological polar surface area (TPSA) is 45.9 Å². The van der Waals surface area contributed by atoms with Gasteiger partial charge in [-0.05, 0) is 37.1 Å². The zero-order valence-corrected chi connectivity index (χ0v) is 12.7. The lowest BCUT2D eigenvalue weighted by atomic mass is 10.2. The number of ether oxygens (including phenoxy) is 1. The number of hydrogen-bond donors (Lipinski definition) is 0. The van der Waals surface area contributed by atoms with Gasteiger partial charge in [0.25, 0.3) is 0 Å². The van der Waals surface area contributed by atoms with E-state index in [1.807, 2.05) is 24.3 Å². The third kappa shape index (κ3) is 3.37. The van der Waals surface area contributed by atoms with E-state index >= 15 is 0 Å². The first kappa shape index (κ1) is 14.5. The first-order valence-electron chi connectivity index (χ1n) is 6.87. The molecule has 0 saturated carbocycles. The van der Waals surface area contributed by atoms with Crippen LogP contribution in [0.5, 0.6) is 5.75 Å². The lowest BCUT2D eigenvalue weighted by Gasteiger charge is -2.04. The van der Waals surface area contributed by atoms with Crippen molar-refractivity contribution in [2.24, 2.45) is 0 Å². The molecule has 0 aliphatic carbocycles. The van der Waals surface area contributed by atoms with Crippen LogP contribution >= 0.6 is 11.3 Å². The van der Waals surface area contributed by atoms with Crippen molar-refractivity contribution >= 4 is 11.3 Å². The number of rotatable bonds is 6. The van der Waals surface area contributed by atoms with Gasteiger partial charge in [0.1, 0.15) is 10.8 Å². The molecule has 0 aliphatic heterocycles. The highest BCUT2D eigenvalue weighted by Gasteiger charge is 2.11. The van der Waals surface area contributed by atoms with Gasteiger partial charge in [-0.25, -0.2) is 4.98 Å².